The molecule has 2 amide bonds. The van der Waals surface area contributed by atoms with Gasteiger partial charge in [0.2, 0.25) is 0 Å². The molecular weight excluding hydrogens is 498 g/mol. The highest BCUT2D eigenvalue weighted by Gasteiger charge is 2.35. The zero-order valence-electron chi connectivity index (χ0n) is 20.1. The first kappa shape index (κ1) is 23.7. The fourth-order valence-corrected chi connectivity index (χ4v) is 5.57. The summed E-state index contributed by atoms with van der Waals surface area (Å²) >= 11 is 0.908. The molecule has 0 N–H and O–H groups in total. The van der Waals surface area contributed by atoms with Gasteiger partial charge in [0.15, 0.2) is 0 Å². The van der Waals surface area contributed by atoms with E-state index in [1.54, 1.807) is 18.2 Å². The number of nitro groups is 1. The Morgan fingerprint density at radius 3 is 2.32 bits per heavy atom. The van der Waals surface area contributed by atoms with E-state index in [2.05, 4.69) is 34.9 Å². The van der Waals surface area contributed by atoms with E-state index in [1.807, 2.05) is 42.6 Å². The summed E-state index contributed by atoms with van der Waals surface area (Å²) in [6.07, 6.45) is 3.80. The molecule has 0 bridgehead atoms. The molecule has 5 aromatic rings. The van der Waals surface area contributed by atoms with E-state index in [-0.39, 0.29) is 23.4 Å². The van der Waals surface area contributed by atoms with Gasteiger partial charge in [0.1, 0.15) is 0 Å². The van der Waals surface area contributed by atoms with Crippen molar-refractivity contribution >= 4 is 56.3 Å². The van der Waals surface area contributed by atoms with Crippen molar-refractivity contribution in [2.75, 3.05) is 0 Å². The summed E-state index contributed by atoms with van der Waals surface area (Å²) in [5.41, 5.74) is 3.67. The van der Waals surface area contributed by atoms with Crippen LogP contribution in [0.5, 0.6) is 0 Å². The van der Waals surface area contributed by atoms with E-state index in [1.165, 1.54) is 33.4 Å². The summed E-state index contributed by atoms with van der Waals surface area (Å²) in [5, 5.41) is 13.9. The van der Waals surface area contributed by atoms with Gasteiger partial charge < -0.3 is 4.57 Å². The minimum absolute atomic E-state index is 0.0390. The number of aromatic nitrogens is 1. The number of thioether (sulfide) groups is 1. The number of rotatable bonds is 6. The maximum atomic E-state index is 13.2. The van der Waals surface area contributed by atoms with Crippen LogP contribution in [0.1, 0.15) is 16.7 Å². The molecule has 0 atom stereocenters. The van der Waals surface area contributed by atoms with Gasteiger partial charge in [0.05, 0.1) is 16.4 Å². The summed E-state index contributed by atoms with van der Waals surface area (Å²) in [6.45, 7) is 0.727. The minimum atomic E-state index is -0.483. The van der Waals surface area contributed by atoms with E-state index in [0.29, 0.717) is 17.0 Å². The third kappa shape index (κ3) is 4.46. The molecule has 8 heteroatoms. The van der Waals surface area contributed by atoms with E-state index in [0.717, 1.165) is 28.2 Å². The predicted molar refractivity (Wildman–Crippen MR) is 150 cm³/mol. The normalized spacial score (nSPS) is 14.7. The van der Waals surface area contributed by atoms with Crippen LogP contribution in [0.15, 0.2) is 102 Å². The number of hydrogen-bond acceptors (Lipinski definition) is 5. The second kappa shape index (κ2) is 9.64. The number of carbonyl (C=O) groups is 2. The van der Waals surface area contributed by atoms with E-state index >= 15 is 0 Å². The SMILES string of the molecule is O=C1S/C(=C\c2cn(Cc3ccc4ccccc4c3)c3ccccc23)C(=O)N1Cc1ccc([N+](=O)[O-])cc1. The van der Waals surface area contributed by atoms with E-state index in [9.17, 15) is 19.7 Å². The fraction of sp³-hybridized carbons (Fsp3) is 0.0667. The monoisotopic (exact) mass is 519 g/mol. The smallest absolute Gasteiger partial charge is 0.293 e. The Hall–Kier alpha value is -4.69. The Kier molecular flexibility index (Phi) is 6.01. The number of fused-ring (bicyclic) bond motifs is 2. The zero-order chi connectivity index (χ0) is 26.2. The molecule has 1 fully saturated rings. The maximum absolute atomic E-state index is 13.2. The lowest BCUT2D eigenvalue weighted by Crippen LogP contribution is -2.27. The topological polar surface area (TPSA) is 85.5 Å². The third-order valence-corrected chi connectivity index (χ3v) is 7.54. The first-order chi connectivity index (χ1) is 18.5. The molecule has 0 saturated carbocycles. The molecule has 4 aromatic carbocycles. The van der Waals surface area contributed by atoms with E-state index in [4.69, 9.17) is 0 Å². The first-order valence-electron chi connectivity index (χ1n) is 12.0. The van der Waals surface area contributed by atoms with Crippen LogP contribution in [0, 0.1) is 10.1 Å². The summed E-state index contributed by atoms with van der Waals surface area (Å²) in [5.74, 6) is -0.371. The highest BCUT2D eigenvalue weighted by atomic mass is 32.2. The standard InChI is InChI=1S/C30H21N3O4S/c34-29-28(38-30(35)32(29)18-20-10-13-25(14-11-20)33(36)37)16-24-19-31(27-8-4-3-7-26(24)27)17-21-9-12-22-5-1-2-6-23(22)15-21/h1-16,19H,17-18H2/b28-16-. The molecular formula is C30H21N3O4S. The maximum Gasteiger partial charge on any atom is 0.293 e. The van der Waals surface area contributed by atoms with Gasteiger partial charge in [-0.3, -0.25) is 24.6 Å². The van der Waals surface area contributed by atoms with Crippen molar-refractivity contribution < 1.29 is 14.5 Å². The fourth-order valence-electron chi connectivity index (χ4n) is 4.74. The quantitative estimate of drug-likeness (QED) is 0.137. The molecule has 0 unspecified atom stereocenters. The van der Waals surface area contributed by atoms with Crippen molar-refractivity contribution in [3.05, 3.63) is 129 Å². The van der Waals surface area contributed by atoms with Crippen LogP contribution in [0.4, 0.5) is 10.5 Å². The molecule has 1 aliphatic rings. The molecule has 1 aliphatic heterocycles. The number of non-ortho nitro benzene ring substituents is 1. The number of benzene rings is 4. The number of nitro benzene ring substituents is 1. The van der Waals surface area contributed by atoms with Gasteiger partial charge in [-0.2, -0.15) is 0 Å². The molecule has 6 rings (SSSR count). The van der Waals surface area contributed by atoms with Crippen molar-refractivity contribution in [3.63, 3.8) is 0 Å². The molecule has 0 spiro atoms. The van der Waals surface area contributed by atoms with Gasteiger partial charge in [-0.15, -0.1) is 0 Å². The highest BCUT2D eigenvalue weighted by Crippen LogP contribution is 2.35. The van der Waals surface area contributed by atoms with Gasteiger partial charge in [-0.1, -0.05) is 66.7 Å². The summed E-state index contributed by atoms with van der Waals surface area (Å²) in [7, 11) is 0. The lowest BCUT2D eigenvalue weighted by atomic mass is 10.1. The molecule has 1 saturated heterocycles. The number of carbonyl (C=O) groups excluding carboxylic acids is 2. The minimum Gasteiger partial charge on any atom is -0.342 e. The largest absolute Gasteiger partial charge is 0.342 e. The lowest BCUT2D eigenvalue weighted by molar-refractivity contribution is -0.384. The molecule has 186 valence electrons. The van der Waals surface area contributed by atoms with Gasteiger partial charge in [0.25, 0.3) is 16.8 Å². The molecule has 1 aromatic heterocycles. The average Bonchev–Trinajstić information content (AvgIpc) is 3.40. The second-order valence-corrected chi connectivity index (χ2v) is 10.1. The van der Waals surface area contributed by atoms with E-state index < -0.39 is 4.92 Å². The van der Waals surface area contributed by atoms with Crippen LogP contribution < -0.4 is 0 Å². The Morgan fingerprint density at radius 1 is 0.816 bits per heavy atom. The molecule has 0 radical (unpaired) electrons. The molecule has 7 nitrogen and oxygen atoms in total. The Morgan fingerprint density at radius 2 is 1.53 bits per heavy atom. The lowest BCUT2D eigenvalue weighted by Gasteiger charge is -2.12. The van der Waals surface area contributed by atoms with Crippen LogP contribution in [0.2, 0.25) is 0 Å². The Labute approximate surface area is 222 Å². The summed E-state index contributed by atoms with van der Waals surface area (Å²) in [4.78, 5) is 37.8. The van der Waals surface area contributed by atoms with Crippen LogP contribution in [0.3, 0.4) is 0 Å². The zero-order valence-corrected chi connectivity index (χ0v) is 20.9. The number of para-hydroxylation sites is 1. The van der Waals surface area contributed by atoms with Crippen LogP contribution in [-0.4, -0.2) is 25.5 Å². The molecule has 2 heterocycles. The summed E-state index contributed by atoms with van der Waals surface area (Å²) < 4.78 is 2.16. The molecule has 38 heavy (non-hydrogen) atoms. The number of nitrogens with zero attached hydrogens (tertiary/aromatic N) is 3. The van der Waals surface area contributed by atoms with Gasteiger partial charge in [-0.05, 0) is 51.9 Å². The number of hydrogen-bond donors (Lipinski definition) is 0. The second-order valence-electron chi connectivity index (χ2n) is 9.10. The Bertz CT molecular complexity index is 1770. The van der Waals surface area contributed by atoms with Crippen molar-refractivity contribution in [2.24, 2.45) is 0 Å². The number of amides is 2. The molecule has 0 aliphatic carbocycles. The third-order valence-electron chi connectivity index (χ3n) is 6.63. The number of imide groups is 1. The van der Waals surface area contributed by atoms with Gasteiger partial charge >= 0.3 is 0 Å². The highest BCUT2D eigenvalue weighted by molar-refractivity contribution is 8.18. The average molecular weight is 520 g/mol. The van der Waals surface area contributed by atoms with Crippen molar-refractivity contribution in [3.8, 4) is 0 Å². The van der Waals surface area contributed by atoms with Gasteiger partial charge in [-0.25, -0.2) is 0 Å². The predicted octanol–water partition coefficient (Wildman–Crippen LogP) is 6.99. The van der Waals surface area contributed by atoms with Crippen molar-refractivity contribution in [1.29, 1.82) is 0 Å². The van der Waals surface area contributed by atoms with Crippen LogP contribution in [0.25, 0.3) is 27.8 Å². The van der Waals surface area contributed by atoms with Crippen LogP contribution in [-0.2, 0) is 17.9 Å². The van der Waals surface area contributed by atoms with Crippen LogP contribution >= 0.6 is 11.8 Å². The van der Waals surface area contributed by atoms with Gasteiger partial charge in [0, 0.05) is 41.3 Å². The summed E-state index contributed by atoms with van der Waals surface area (Å²) in [6, 6.07) is 28.6. The first-order valence-corrected chi connectivity index (χ1v) is 12.8. The Balaban J connectivity index is 1.28. The van der Waals surface area contributed by atoms with Crippen molar-refractivity contribution in [2.45, 2.75) is 13.1 Å². The van der Waals surface area contributed by atoms with Crippen molar-refractivity contribution in [1.82, 2.24) is 9.47 Å².